The van der Waals surface area contributed by atoms with Gasteiger partial charge in [-0.05, 0) is 44.0 Å². The number of para-hydroxylation sites is 1. The monoisotopic (exact) mass is 412 g/mol. The lowest BCUT2D eigenvalue weighted by molar-refractivity contribution is -0.133. The van der Waals surface area contributed by atoms with Gasteiger partial charge < -0.3 is 19.5 Å². The number of hydrogen-bond acceptors (Lipinski definition) is 5. The lowest BCUT2D eigenvalue weighted by Crippen LogP contribution is -2.40. The molecular formula is C24H32N2O4. The second-order valence-corrected chi connectivity index (χ2v) is 7.69. The minimum absolute atomic E-state index is 0.00645. The van der Waals surface area contributed by atoms with Crippen molar-refractivity contribution >= 4 is 5.91 Å². The molecule has 2 aromatic rings. The van der Waals surface area contributed by atoms with Gasteiger partial charge in [0.2, 0.25) is 5.91 Å². The van der Waals surface area contributed by atoms with Crippen LogP contribution in [0, 0.1) is 0 Å². The largest absolute Gasteiger partial charge is 0.508 e. The van der Waals surface area contributed by atoms with E-state index >= 15 is 0 Å². The Morgan fingerprint density at radius 1 is 1.20 bits per heavy atom. The Morgan fingerprint density at radius 2 is 2.00 bits per heavy atom. The molecule has 1 N–H and O–H groups in total. The van der Waals surface area contributed by atoms with Crippen LogP contribution in [0.25, 0.3) is 0 Å². The molecule has 2 aromatic carbocycles. The molecule has 1 amide bonds. The molecule has 0 spiro atoms. The molecule has 1 unspecified atom stereocenters. The number of carbonyl (C=O) groups excluding carboxylic acids is 1. The standard InChI is InChI=1S/C24H32N2O4/c1-4-13-25(16-18-8-5-6-10-22(18)27)17-24(28)26-14-7-9-21(26)20-12-11-19(29-2)15-23(20)30-3/h5-6,8,10-12,15,21,27H,4,7,9,13-14,16-17H2,1-3H3. The van der Waals surface area contributed by atoms with Crippen LogP contribution in [-0.2, 0) is 11.3 Å². The zero-order valence-electron chi connectivity index (χ0n) is 18.1. The van der Waals surface area contributed by atoms with Crippen molar-refractivity contribution in [1.29, 1.82) is 0 Å². The smallest absolute Gasteiger partial charge is 0.237 e. The molecule has 0 aliphatic carbocycles. The highest BCUT2D eigenvalue weighted by Gasteiger charge is 2.32. The summed E-state index contributed by atoms with van der Waals surface area (Å²) in [6, 6.07) is 13.1. The van der Waals surface area contributed by atoms with Crippen LogP contribution in [0.15, 0.2) is 42.5 Å². The van der Waals surface area contributed by atoms with Gasteiger partial charge in [0.15, 0.2) is 0 Å². The quantitative estimate of drug-likeness (QED) is 0.675. The number of rotatable bonds is 9. The molecule has 1 saturated heterocycles. The van der Waals surface area contributed by atoms with Crippen LogP contribution in [0.4, 0.5) is 0 Å². The highest BCUT2D eigenvalue weighted by atomic mass is 16.5. The summed E-state index contributed by atoms with van der Waals surface area (Å²) in [4.78, 5) is 17.3. The van der Waals surface area contributed by atoms with Crippen molar-refractivity contribution in [3.8, 4) is 17.2 Å². The van der Waals surface area contributed by atoms with Gasteiger partial charge in [0.25, 0.3) is 0 Å². The summed E-state index contributed by atoms with van der Waals surface area (Å²) >= 11 is 0. The first kappa shape index (κ1) is 22.0. The van der Waals surface area contributed by atoms with Gasteiger partial charge in [-0.2, -0.15) is 0 Å². The fraction of sp³-hybridized carbons (Fsp3) is 0.458. The number of hydrogen-bond donors (Lipinski definition) is 1. The number of phenols is 1. The van der Waals surface area contributed by atoms with Gasteiger partial charge in [-0.15, -0.1) is 0 Å². The predicted octanol–water partition coefficient (Wildman–Crippen LogP) is 3.99. The summed E-state index contributed by atoms with van der Waals surface area (Å²) in [6.45, 7) is 4.52. The molecule has 30 heavy (non-hydrogen) atoms. The number of aromatic hydroxyl groups is 1. The van der Waals surface area contributed by atoms with E-state index in [-0.39, 0.29) is 17.7 Å². The molecule has 1 aliphatic heterocycles. The van der Waals surface area contributed by atoms with E-state index in [1.807, 2.05) is 41.3 Å². The van der Waals surface area contributed by atoms with Crippen molar-refractivity contribution in [3.63, 3.8) is 0 Å². The van der Waals surface area contributed by atoms with Crippen molar-refractivity contribution < 1.29 is 19.4 Å². The summed E-state index contributed by atoms with van der Waals surface area (Å²) in [5.41, 5.74) is 1.86. The number of methoxy groups -OCH3 is 2. The van der Waals surface area contributed by atoms with Gasteiger partial charge in [0, 0.05) is 30.3 Å². The summed E-state index contributed by atoms with van der Waals surface area (Å²) in [7, 11) is 3.28. The van der Waals surface area contributed by atoms with Crippen LogP contribution < -0.4 is 9.47 Å². The molecule has 162 valence electrons. The van der Waals surface area contributed by atoms with Crippen molar-refractivity contribution in [2.45, 2.75) is 38.8 Å². The molecule has 0 bridgehead atoms. The van der Waals surface area contributed by atoms with Crippen LogP contribution in [0.2, 0.25) is 0 Å². The Labute approximate surface area is 179 Å². The average Bonchev–Trinajstić information content (AvgIpc) is 3.24. The number of benzene rings is 2. The normalized spacial score (nSPS) is 16.1. The molecule has 6 heteroatoms. The predicted molar refractivity (Wildman–Crippen MR) is 117 cm³/mol. The zero-order chi connectivity index (χ0) is 21.5. The second-order valence-electron chi connectivity index (χ2n) is 7.69. The Kier molecular flexibility index (Phi) is 7.57. The maximum atomic E-state index is 13.3. The molecule has 1 atom stereocenters. The van der Waals surface area contributed by atoms with E-state index < -0.39 is 0 Å². The Bertz CT molecular complexity index is 855. The lowest BCUT2D eigenvalue weighted by atomic mass is 10.0. The zero-order valence-corrected chi connectivity index (χ0v) is 18.1. The fourth-order valence-electron chi connectivity index (χ4n) is 4.18. The average molecular weight is 413 g/mol. The Morgan fingerprint density at radius 3 is 2.70 bits per heavy atom. The topological polar surface area (TPSA) is 62.2 Å². The number of likely N-dealkylation sites (tertiary alicyclic amines) is 1. The SMILES string of the molecule is CCCN(CC(=O)N1CCCC1c1ccc(OC)cc1OC)Cc1ccccc1O. The minimum atomic E-state index is 0.00645. The first-order valence-electron chi connectivity index (χ1n) is 10.6. The summed E-state index contributed by atoms with van der Waals surface area (Å²) < 4.78 is 10.9. The van der Waals surface area contributed by atoms with E-state index in [2.05, 4.69) is 11.8 Å². The maximum Gasteiger partial charge on any atom is 0.237 e. The van der Waals surface area contributed by atoms with Gasteiger partial charge in [-0.3, -0.25) is 9.69 Å². The number of nitrogens with zero attached hydrogens (tertiary/aromatic N) is 2. The van der Waals surface area contributed by atoms with Crippen LogP contribution in [0.5, 0.6) is 17.2 Å². The molecule has 1 heterocycles. The highest BCUT2D eigenvalue weighted by Crippen LogP contribution is 2.38. The van der Waals surface area contributed by atoms with E-state index in [9.17, 15) is 9.90 Å². The van der Waals surface area contributed by atoms with Crippen LogP contribution >= 0.6 is 0 Å². The third-order valence-corrected chi connectivity index (χ3v) is 5.66. The third-order valence-electron chi connectivity index (χ3n) is 5.66. The van der Waals surface area contributed by atoms with Gasteiger partial charge in [-0.1, -0.05) is 25.1 Å². The van der Waals surface area contributed by atoms with Crippen molar-refractivity contribution in [2.75, 3.05) is 33.9 Å². The highest BCUT2D eigenvalue weighted by molar-refractivity contribution is 5.79. The molecule has 0 aromatic heterocycles. The first-order chi connectivity index (χ1) is 14.6. The van der Waals surface area contributed by atoms with Crippen LogP contribution in [0.1, 0.15) is 43.4 Å². The summed E-state index contributed by atoms with van der Waals surface area (Å²) in [6.07, 6.45) is 2.83. The molecule has 0 radical (unpaired) electrons. The molecular weight excluding hydrogens is 380 g/mol. The van der Waals surface area contributed by atoms with Crippen LogP contribution in [0.3, 0.4) is 0 Å². The van der Waals surface area contributed by atoms with E-state index in [0.29, 0.717) is 13.1 Å². The number of ether oxygens (including phenoxy) is 2. The van der Waals surface area contributed by atoms with Crippen molar-refractivity contribution in [3.05, 3.63) is 53.6 Å². The van der Waals surface area contributed by atoms with Gasteiger partial charge in [0.05, 0.1) is 26.8 Å². The first-order valence-corrected chi connectivity index (χ1v) is 10.6. The van der Waals surface area contributed by atoms with E-state index in [1.54, 1.807) is 20.3 Å². The summed E-state index contributed by atoms with van der Waals surface area (Å²) in [5.74, 6) is 1.87. The maximum absolute atomic E-state index is 13.3. The van der Waals surface area contributed by atoms with E-state index in [4.69, 9.17) is 9.47 Å². The minimum Gasteiger partial charge on any atom is -0.508 e. The molecule has 1 fully saturated rings. The summed E-state index contributed by atoms with van der Waals surface area (Å²) in [5, 5.41) is 10.1. The Balaban J connectivity index is 1.75. The van der Waals surface area contributed by atoms with E-state index in [0.717, 1.165) is 55.0 Å². The third kappa shape index (κ3) is 5.05. The van der Waals surface area contributed by atoms with Gasteiger partial charge in [-0.25, -0.2) is 0 Å². The number of carbonyl (C=O) groups is 1. The van der Waals surface area contributed by atoms with Crippen molar-refractivity contribution in [1.82, 2.24) is 9.80 Å². The lowest BCUT2D eigenvalue weighted by Gasteiger charge is -2.30. The number of phenolic OH excluding ortho intramolecular Hbond substituents is 1. The fourth-order valence-corrected chi connectivity index (χ4v) is 4.18. The second kappa shape index (κ2) is 10.3. The van der Waals surface area contributed by atoms with Crippen LogP contribution in [-0.4, -0.2) is 54.7 Å². The number of amides is 1. The van der Waals surface area contributed by atoms with Crippen molar-refractivity contribution in [2.24, 2.45) is 0 Å². The molecule has 3 rings (SSSR count). The Hall–Kier alpha value is -2.73. The molecule has 1 aliphatic rings. The van der Waals surface area contributed by atoms with Gasteiger partial charge in [0.1, 0.15) is 17.2 Å². The molecule has 6 nitrogen and oxygen atoms in total. The van der Waals surface area contributed by atoms with E-state index in [1.165, 1.54) is 0 Å². The van der Waals surface area contributed by atoms with Gasteiger partial charge >= 0.3 is 0 Å². The molecule has 0 saturated carbocycles.